The second-order valence-corrected chi connectivity index (χ2v) is 8.22. The maximum Gasteiger partial charge on any atom is 0.307 e. The number of hydrogen-bond acceptors (Lipinski definition) is 4. The van der Waals surface area contributed by atoms with Crippen LogP contribution in [0.15, 0.2) is 18.2 Å². The molecular formula is C16H21FN2O5S. The average molecular weight is 372 g/mol. The molecule has 9 heteroatoms. The zero-order valence-corrected chi connectivity index (χ0v) is 14.7. The van der Waals surface area contributed by atoms with Gasteiger partial charge in [-0.3, -0.25) is 9.59 Å². The van der Waals surface area contributed by atoms with E-state index in [1.807, 2.05) is 0 Å². The lowest BCUT2D eigenvalue weighted by atomic mass is 9.98. The van der Waals surface area contributed by atoms with Crippen molar-refractivity contribution in [3.63, 3.8) is 0 Å². The normalized spacial score (nSPS) is 18.7. The van der Waals surface area contributed by atoms with Crippen LogP contribution >= 0.6 is 0 Å². The third-order valence-electron chi connectivity index (χ3n) is 4.18. The Kier molecular flexibility index (Phi) is 6.12. The van der Waals surface area contributed by atoms with E-state index in [0.717, 1.165) is 6.07 Å². The number of piperidine rings is 1. The zero-order chi connectivity index (χ0) is 18.6. The summed E-state index contributed by atoms with van der Waals surface area (Å²) in [6.07, 6.45) is 0.705. The molecule has 7 nitrogen and oxygen atoms in total. The molecule has 25 heavy (non-hydrogen) atoms. The van der Waals surface area contributed by atoms with E-state index < -0.39 is 34.1 Å². The van der Waals surface area contributed by atoms with Crippen molar-refractivity contribution >= 4 is 27.6 Å². The summed E-state index contributed by atoms with van der Waals surface area (Å²) >= 11 is 0. The lowest BCUT2D eigenvalue weighted by molar-refractivity contribution is -0.136. The molecule has 0 aliphatic carbocycles. The summed E-state index contributed by atoms with van der Waals surface area (Å²) in [6.45, 7) is 2.07. The highest BCUT2D eigenvalue weighted by Crippen LogP contribution is 2.22. The molecular weight excluding hydrogens is 351 g/mol. The SMILES string of the molecule is CCS(=O)(=O)N1CCCC(C(=O)Nc2ccc(CC(=O)O)c(F)c2)C1. The number of aliphatic carboxylic acids is 1. The van der Waals surface area contributed by atoms with Crippen LogP contribution in [0.25, 0.3) is 0 Å². The summed E-state index contributed by atoms with van der Waals surface area (Å²) in [4.78, 5) is 23.0. The average Bonchev–Trinajstić information content (AvgIpc) is 2.57. The van der Waals surface area contributed by atoms with Gasteiger partial charge in [0.1, 0.15) is 5.82 Å². The van der Waals surface area contributed by atoms with Crippen LogP contribution in [0.5, 0.6) is 0 Å². The zero-order valence-electron chi connectivity index (χ0n) is 13.9. The second kappa shape index (κ2) is 7.92. The third kappa shape index (κ3) is 4.99. The Hall–Kier alpha value is -2.00. The number of carboxylic acids is 1. The molecule has 1 aromatic rings. The summed E-state index contributed by atoms with van der Waals surface area (Å²) in [5.74, 6) is -2.75. The molecule has 0 radical (unpaired) electrons. The highest BCUT2D eigenvalue weighted by Gasteiger charge is 2.31. The minimum absolute atomic E-state index is 0.0163. The summed E-state index contributed by atoms with van der Waals surface area (Å²) in [5, 5.41) is 11.3. The molecule has 0 bridgehead atoms. The van der Waals surface area contributed by atoms with E-state index in [9.17, 15) is 22.4 Å². The lowest BCUT2D eigenvalue weighted by Crippen LogP contribution is -2.44. The van der Waals surface area contributed by atoms with E-state index in [1.54, 1.807) is 6.92 Å². The van der Waals surface area contributed by atoms with Gasteiger partial charge in [-0.25, -0.2) is 17.1 Å². The molecule has 1 heterocycles. The van der Waals surface area contributed by atoms with Crippen LogP contribution in [0.1, 0.15) is 25.3 Å². The molecule has 1 fully saturated rings. The first-order chi connectivity index (χ1) is 11.7. The van der Waals surface area contributed by atoms with Gasteiger partial charge in [0.15, 0.2) is 0 Å². The Bertz CT molecular complexity index is 766. The summed E-state index contributed by atoms with van der Waals surface area (Å²) in [7, 11) is -3.35. The molecule has 0 spiro atoms. The van der Waals surface area contributed by atoms with E-state index >= 15 is 0 Å². The second-order valence-electron chi connectivity index (χ2n) is 5.96. The maximum atomic E-state index is 13.9. The number of carbonyl (C=O) groups is 2. The molecule has 1 amide bonds. The standard InChI is InChI=1S/C16H21FN2O5S/c1-2-25(23,24)19-7-3-4-12(10-19)16(22)18-13-6-5-11(8-15(20)21)14(17)9-13/h5-6,9,12H,2-4,7-8,10H2,1H3,(H,18,22)(H,20,21). The molecule has 138 valence electrons. The smallest absolute Gasteiger partial charge is 0.307 e. The molecule has 2 rings (SSSR count). The molecule has 0 saturated carbocycles. The van der Waals surface area contributed by atoms with Crippen molar-refractivity contribution in [1.29, 1.82) is 0 Å². The molecule has 1 unspecified atom stereocenters. The number of carbonyl (C=O) groups excluding carboxylic acids is 1. The lowest BCUT2D eigenvalue weighted by Gasteiger charge is -2.30. The number of benzene rings is 1. The minimum atomic E-state index is -3.35. The fraction of sp³-hybridized carbons (Fsp3) is 0.500. The van der Waals surface area contributed by atoms with Gasteiger partial charge < -0.3 is 10.4 Å². The quantitative estimate of drug-likeness (QED) is 0.787. The Balaban J connectivity index is 2.04. The number of nitrogens with zero attached hydrogens (tertiary/aromatic N) is 1. The van der Waals surface area contributed by atoms with E-state index in [-0.39, 0.29) is 29.5 Å². The molecule has 1 aliphatic heterocycles. The van der Waals surface area contributed by atoms with Gasteiger partial charge in [-0.15, -0.1) is 0 Å². The van der Waals surface area contributed by atoms with Crippen LogP contribution in [-0.2, 0) is 26.0 Å². The number of hydrogen-bond donors (Lipinski definition) is 2. The summed E-state index contributed by atoms with van der Waals surface area (Å²) in [5.41, 5.74) is 0.246. The van der Waals surface area contributed by atoms with Gasteiger partial charge in [0.2, 0.25) is 15.9 Å². The van der Waals surface area contributed by atoms with Gasteiger partial charge in [-0.2, -0.15) is 0 Å². The summed E-state index contributed by atoms with van der Waals surface area (Å²) in [6, 6.07) is 3.82. The van der Waals surface area contributed by atoms with Crippen molar-refractivity contribution in [2.75, 3.05) is 24.2 Å². The first-order valence-corrected chi connectivity index (χ1v) is 9.62. The van der Waals surface area contributed by atoms with Crippen molar-refractivity contribution in [2.24, 2.45) is 5.92 Å². The van der Waals surface area contributed by atoms with Crippen LogP contribution in [-0.4, -0.2) is 48.5 Å². The van der Waals surface area contributed by atoms with E-state index in [2.05, 4.69) is 5.32 Å². The van der Waals surface area contributed by atoms with Gasteiger partial charge >= 0.3 is 5.97 Å². The highest BCUT2D eigenvalue weighted by molar-refractivity contribution is 7.89. The molecule has 1 aromatic carbocycles. The fourth-order valence-electron chi connectivity index (χ4n) is 2.77. The Labute approximate surface area is 145 Å². The topological polar surface area (TPSA) is 104 Å². The van der Waals surface area contributed by atoms with E-state index in [1.165, 1.54) is 16.4 Å². The third-order valence-corrected chi connectivity index (χ3v) is 6.02. The Morgan fingerprint density at radius 2 is 2.12 bits per heavy atom. The maximum absolute atomic E-state index is 13.9. The number of halogens is 1. The van der Waals surface area contributed by atoms with Crippen LogP contribution in [0.3, 0.4) is 0 Å². The predicted molar refractivity (Wildman–Crippen MR) is 90.1 cm³/mol. The predicted octanol–water partition coefficient (Wildman–Crippen LogP) is 1.45. The van der Waals surface area contributed by atoms with Gasteiger partial charge in [0, 0.05) is 18.8 Å². The monoisotopic (exact) mass is 372 g/mol. The number of nitrogens with one attached hydrogen (secondary N) is 1. The first kappa shape index (κ1) is 19.3. The number of sulfonamides is 1. The Morgan fingerprint density at radius 1 is 1.40 bits per heavy atom. The molecule has 1 atom stereocenters. The van der Waals surface area contributed by atoms with Crippen molar-refractivity contribution in [3.8, 4) is 0 Å². The van der Waals surface area contributed by atoms with Gasteiger partial charge in [0.05, 0.1) is 18.1 Å². The minimum Gasteiger partial charge on any atom is -0.481 e. The molecule has 2 N–H and O–H groups in total. The van der Waals surface area contributed by atoms with E-state index in [4.69, 9.17) is 5.11 Å². The van der Waals surface area contributed by atoms with Crippen LogP contribution < -0.4 is 5.32 Å². The molecule has 0 aromatic heterocycles. The summed E-state index contributed by atoms with van der Waals surface area (Å²) < 4.78 is 39.1. The number of carboxylic acid groups (broad SMARTS) is 1. The van der Waals surface area contributed by atoms with E-state index in [0.29, 0.717) is 19.4 Å². The number of amides is 1. The highest BCUT2D eigenvalue weighted by atomic mass is 32.2. The Morgan fingerprint density at radius 3 is 2.72 bits per heavy atom. The van der Waals surface area contributed by atoms with Gasteiger partial charge in [0.25, 0.3) is 0 Å². The van der Waals surface area contributed by atoms with Crippen LogP contribution in [0.2, 0.25) is 0 Å². The van der Waals surface area contributed by atoms with Gasteiger partial charge in [-0.05, 0) is 37.5 Å². The van der Waals surface area contributed by atoms with Crippen molar-refractivity contribution in [2.45, 2.75) is 26.2 Å². The number of anilines is 1. The molecule has 1 saturated heterocycles. The fourth-order valence-corrected chi connectivity index (χ4v) is 3.95. The van der Waals surface area contributed by atoms with Crippen LogP contribution in [0.4, 0.5) is 10.1 Å². The number of rotatable bonds is 6. The van der Waals surface area contributed by atoms with Crippen molar-refractivity contribution < 1.29 is 27.5 Å². The largest absolute Gasteiger partial charge is 0.481 e. The van der Waals surface area contributed by atoms with Crippen molar-refractivity contribution in [3.05, 3.63) is 29.6 Å². The first-order valence-electron chi connectivity index (χ1n) is 8.02. The molecule has 1 aliphatic rings. The van der Waals surface area contributed by atoms with Crippen LogP contribution in [0, 0.1) is 11.7 Å². The van der Waals surface area contributed by atoms with Crippen molar-refractivity contribution in [1.82, 2.24) is 4.31 Å². The van der Waals surface area contributed by atoms with Gasteiger partial charge in [-0.1, -0.05) is 6.07 Å².